The van der Waals surface area contributed by atoms with Crippen molar-refractivity contribution in [2.24, 2.45) is 10.7 Å². The first-order valence-electron chi connectivity index (χ1n) is 6.21. The van der Waals surface area contributed by atoms with E-state index in [2.05, 4.69) is 15.3 Å². The SMILES string of the molecule is NC(=NCCOc1ncc(Cl)cc1Cl)Nc1ccccc1. The van der Waals surface area contributed by atoms with E-state index in [1.807, 2.05) is 30.3 Å². The van der Waals surface area contributed by atoms with E-state index >= 15 is 0 Å². The van der Waals surface area contributed by atoms with Crippen molar-refractivity contribution in [2.75, 3.05) is 18.5 Å². The van der Waals surface area contributed by atoms with E-state index in [0.29, 0.717) is 35.0 Å². The predicted molar refractivity (Wildman–Crippen MR) is 86.3 cm³/mol. The molecule has 0 aliphatic rings. The molecular weight excluding hydrogens is 311 g/mol. The number of benzene rings is 1. The molecule has 0 amide bonds. The number of pyridine rings is 1. The predicted octanol–water partition coefficient (Wildman–Crippen LogP) is 3.19. The third kappa shape index (κ3) is 5.13. The highest BCUT2D eigenvalue weighted by Gasteiger charge is 2.03. The van der Waals surface area contributed by atoms with Crippen molar-refractivity contribution >= 4 is 34.8 Å². The van der Waals surface area contributed by atoms with Gasteiger partial charge in [-0.15, -0.1) is 0 Å². The van der Waals surface area contributed by atoms with Crippen LogP contribution in [0.5, 0.6) is 5.88 Å². The van der Waals surface area contributed by atoms with Gasteiger partial charge in [-0.25, -0.2) is 9.98 Å². The van der Waals surface area contributed by atoms with E-state index in [1.54, 1.807) is 6.07 Å². The van der Waals surface area contributed by atoms with Crippen molar-refractivity contribution < 1.29 is 4.74 Å². The Labute approximate surface area is 132 Å². The minimum atomic E-state index is 0.311. The van der Waals surface area contributed by atoms with Gasteiger partial charge in [-0.2, -0.15) is 0 Å². The highest BCUT2D eigenvalue weighted by molar-refractivity contribution is 6.35. The average Bonchev–Trinajstić information content (AvgIpc) is 2.46. The van der Waals surface area contributed by atoms with Crippen molar-refractivity contribution in [3.63, 3.8) is 0 Å². The summed E-state index contributed by atoms with van der Waals surface area (Å²) in [4.78, 5) is 8.12. The van der Waals surface area contributed by atoms with E-state index in [9.17, 15) is 0 Å². The minimum Gasteiger partial charge on any atom is -0.475 e. The van der Waals surface area contributed by atoms with Crippen LogP contribution in [0.2, 0.25) is 10.0 Å². The Morgan fingerprint density at radius 2 is 2.05 bits per heavy atom. The lowest BCUT2D eigenvalue weighted by molar-refractivity contribution is 0.316. The first kappa shape index (κ1) is 15.4. The van der Waals surface area contributed by atoms with Crippen LogP contribution in [0.15, 0.2) is 47.6 Å². The number of nitrogens with two attached hydrogens (primary N) is 1. The Morgan fingerprint density at radius 3 is 2.76 bits per heavy atom. The lowest BCUT2D eigenvalue weighted by Crippen LogP contribution is -2.23. The summed E-state index contributed by atoms with van der Waals surface area (Å²) in [6, 6.07) is 11.1. The summed E-state index contributed by atoms with van der Waals surface area (Å²) >= 11 is 11.7. The van der Waals surface area contributed by atoms with E-state index in [-0.39, 0.29) is 0 Å². The maximum atomic E-state index is 5.93. The quantitative estimate of drug-likeness (QED) is 0.503. The van der Waals surface area contributed by atoms with E-state index in [4.69, 9.17) is 33.7 Å². The number of guanidine groups is 1. The summed E-state index contributed by atoms with van der Waals surface area (Å²) in [5.74, 6) is 0.644. The number of nitrogens with one attached hydrogen (secondary N) is 1. The fourth-order valence-corrected chi connectivity index (χ4v) is 1.96. The van der Waals surface area contributed by atoms with Gasteiger partial charge in [0, 0.05) is 11.9 Å². The molecule has 0 radical (unpaired) electrons. The van der Waals surface area contributed by atoms with Crippen molar-refractivity contribution in [3.05, 3.63) is 52.6 Å². The van der Waals surface area contributed by atoms with Crippen LogP contribution in [0.3, 0.4) is 0 Å². The second kappa shape index (κ2) is 7.71. The lowest BCUT2D eigenvalue weighted by Gasteiger charge is -2.07. The molecule has 3 N–H and O–H groups in total. The molecule has 1 aromatic heterocycles. The number of nitrogens with zero attached hydrogens (tertiary/aromatic N) is 2. The molecule has 7 heteroatoms. The normalized spacial score (nSPS) is 11.2. The summed E-state index contributed by atoms with van der Waals surface area (Å²) in [6.45, 7) is 0.692. The molecule has 0 atom stereocenters. The molecule has 2 rings (SSSR count). The van der Waals surface area contributed by atoms with Gasteiger partial charge in [-0.05, 0) is 18.2 Å². The van der Waals surface area contributed by atoms with Gasteiger partial charge in [-0.3, -0.25) is 0 Å². The Kier molecular flexibility index (Phi) is 5.66. The number of rotatable bonds is 5. The molecule has 0 fully saturated rings. The molecule has 0 aliphatic carbocycles. The number of aromatic nitrogens is 1. The topological polar surface area (TPSA) is 72.5 Å². The Morgan fingerprint density at radius 1 is 1.29 bits per heavy atom. The van der Waals surface area contributed by atoms with Gasteiger partial charge in [0.1, 0.15) is 11.6 Å². The molecule has 110 valence electrons. The van der Waals surface area contributed by atoms with Crippen LogP contribution in [0.1, 0.15) is 0 Å². The van der Waals surface area contributed by atoms with E-state index < -0.39 is 0 Å². The number of ether oxygens (including phenoxy) is 1. The first-order chi connectivity index (χ1) is 10.1. The number of anilines is 1. The van der Waals surface area contributed by atoms with Gasteiger partial charge in [0.25, 0.3) is 0 Å². The molecule has 0 unspecified atom stereocenters. The largest absolute Gasteiger partial charge is 0.475 e. The zero-order chi connectivity index (χ0) is 15.1. The van der Waals surface area contributed by atoms with Crippen molar-refractivity contribution in [1.82, 2.24) is 4.98 Å². The second-order valence-electron chi connectivity index (χ2n) is 4.05. The molecule has 1 aromatic carbocycles. The molecule has 5 nitrogen and oxygen atoms in total. The third-order valence-electron chi connectivity index (χ3n) is 2.43. The highest BCUT2D eigenvalue weighted by atomic mass is 35.5. The molecular formula is C14H14Cl2N4O. The monoisotopic (exact) mass is 324 g/mol. The summed E-state index contributed by atoms with van der Waals surface area (Å²) in [6.07, 6.45) is 1.47. The van der Waals surface area contributed by atoms with E-state index in [1.165, 1.54) is 6.20 Å². The number of hydrogen-bond acceptors (Lipinski definition) is 3. The van der Waals surface area contributed by atoms with Gasteiger partial charge in [0.05, 0.1) is 11.6 Å². The summed E-state index contributed by atoms with van der Waals surface area (Å²) < 4.78 is 5.40. The number of hydrogen-bond donors (Lipinski definition) is 2. The Bertz CT molecular complexity index is 620. The Balaban J connectivity index is 1.79. The number of aliphatic imine (C=N–C) groups is 1. The molecule has 0 saturated carbocycles. The zero-order valence-corrected chi connectivity index (χ0v) is 12.6. The molecule has 0 bridgehead atoms. The molecule has 2 aromatic rings. The average molecular weight is 325 g/mol. The molecule has 0 aliphatic heterocycles. The van der Waals surface area contributed by atoms with Crippen LogP contribution in [-0.4, -0.2) is 24.1 Å². The fourth-order valence-electron chi connectivity index (χ4n) is 1.53. The van der Waals surface area contributed by atoms with Gasteiger partial charge < -0.3 is 15.8 Å². The molecule has 1 heterocycles. The van der Waals surface area contributed by atoms with Crippen LogP contribution in [-0.2, 0) is 0 Å². The number of para-hydroxylation sites is 1. The third-order valence-corrected chi connectivity index (χ3v) is 2.91. The van der Waals surface area contributed by atoms with Crippen molar-refractivity contribution in [1.29, 1.82) is 0 Å². The number of halogens is 2. The molecule has 0 spiro atoms. The summed E-state index contributed by atoms with van der Waals surface area (Å²) in [5.41, 5.74) is 6.64. The van der Waals surface area contributed by atoms with E-state index in [0.717, 1.165) is 5.69 Å². The second-order valence-corrected chi connectivity index (χ2v) is 4.89. The molecule has 21 heavy (non-hydrogen) atoms. The standard InChI is InChI=1S/C14H14Cl2N4O/c15-10-8-12(16)13(19-9-10)21-7-6-18-14(17)20-11-4-2-1-3-5-11/h1-5,8-9H,6-7H2,(H3,17,18,20). The minimum absolute atomic E-state index is 0.311. The van der Waals surface area contributed by atoms with Gasteiger partial charge in [0.2, 0.25) is 5.88 Å². The van der Waals surface area contributed by atoms with Gasteiger partial charge in [-0.1, -0.05) is 41.4 Å². The van der Waals surface area contributed by atoms with Crippen molar-refractivity contribution in [2.45, 2.75) is 0 Å². The van der Waals surface area contributed by atoms with Crippen LogP contribution in [0, 0.1) is 0 Å². The van der Waals surface area contributed by atoms with Crippen LogP contribution >= 0.6 is 23.2 Å². The zero-order valence-electron chi connectivity index (χ0n) is 11.1. The van der Waals surface area contributed by atoms with Crippen LogP contribution in [0.4, 0.5) is 5.69 Å². The highest BCUT2D eigenvalue weighted by Crippen LogP contribution is 2.24. The van der Waals surface area contributed by atoms with Gasteiger partial charge in [0.15, 0.2) is 5.96 Å². The summed E-state index contributed by atoms with van der Waals surface area (Å²) in [7, 11) is 0. The fraction of sp³-hybridized carbons (Fsp3) is 0.143. The smallest absolute Gasteiger partial charge is 0.232 e. The molecule has 0 saturated heterocycles. The van der Waals surface area contributed by atoms with Crippen LogP contribution < -0.4 is 15.8 Å². The summed E-state index contributed by atoms with van der Waals surface area (Å²) in [5, 5.41) is 3.80. The Hall–Kier alpha value is -1.98. The maximum absolute atomic E-state index is 5.93. The van der Waals surface area contributed by atoms with Crippen LogP contribution in [0.25, 0.3) is 0 Å². The maximum Gasteiger partial charge on any atom is 0.232 e. The van der Waals surface area contributed by atoms with Gasteiger partial charge >= 0.3 is 0 Å². The first-order valence-corrected chi connectivity index (χ1v) is 6.96. The lowest BCUT2D eigenvalue weighted by atomic mass is 10.3. The van der Waals surface area contributed by atoms with Crippen molar-refractivity contribution in [3.8, 4) is 5.88 Å².